The second-order valence-corrected chi connectivity index (χ2v) is 13.2. The lowest BCUT2D eigenvalue weighted by molar-refractivity contribution is -0.890. The molecule has 0 saturated carbocycles. The van der Waals surface area contributed by atoms with E-state index >= 15 is 0 Å². The molecule has 0 aliphatic rings. The van der Waals surface area contributed by atoms with E-state index in [1.54, 1.807) is 0 Å². The summed E-state index contributed by atoms with van der Waals surface area (Å²) in [5.41, 5.74) is 1.13. The molecule has 7 nitrogen and oxygen atoms in total. The third-order valence-corrected chi connectivity index (χ3v) is 8.61. The lowest BCUT2D eigenvalue weighted by atomic mass is 10.1. The Morgan fingerprint density at radius 2 is 1.23 bits per heavy atom. The van der Waals surface area contributed by atoms with Crippen LogP contribution in [-0.4, -0.2) is 65.2 Å². The van der Waals surface area contributed by atoms with E-state index in [9.17, 15) is 4.57 Å². The summed E-state index contributed by atoms with van der Waals surface area (Å²) in [7, 11) is 2.22. The maximum Gasteiger partial charge on any atom is 0.474 e. The molecule has 0 saturated heterocycles. The molecule has 1 unspecified atom stereocenters. The van der Waals surface area contributed by atoms with Crippen molar-refractivity contribution in [2.75, 3.05) is 60.7 Å². The number of rotatable bonds is 27. The van der Waals surface area contributed by atoms with E-state index in [2.05, 4.69) is 47.0 Å². The van der Waals surface area contributed by atoms with Crippen LogP contribution in [0, 0.1) is 0 Å². The lowest BCUT2D eigenvalue weighted by Gasteiger charge is -2.30. The molecule has 0 spiro atoms. The first-order valence-electron chi connectivity index (χ1n) is 15.9. The second kappa shape index (κ2) is 22.5. The normalized spacial score (nSPS) is 13.3. The monoisotopic (exact) mass is 586 g/mol. The summed E-state index contributed by atoms with van der Waals surface area (Å²) in [6.07, 6.45) is 16.2. The van der Waals surface area contributed by atoms with Gasteiger partial charge >= 0.3 is 7.82 Å². The van der Waals surface area contributed by atoms with Gasteiger partial charge in [-0.15, -0.1) is 0 Å². The van der Waals surface area contributed by atoms with E-state index in [1.807, 2.05) is 6.07 Å². The summed E-state index contributed by atoms with van der Waals surface area (Å²) in [6, 6.07) is 6.10. The highest BCUT2D eigenvalue weighted by Gasteiger charge is 2.26. The average Bonchev–Trinajstić information content (AvgIpc) is 2.93. The molecule has 0 N–H and O–H groups in total. The second-order valence-electron chi connectivity index (χ2n) is 11.4. The number of nitrogens with zero attached hydrogens (tertiary/aromatic N) is 1. The molecule has 1 aromatic carbocycles. The SMILES string of the molecule is CCCCCCCCCC[N+](C)(C)CCOP(=O)(OC)OCCCc1ccc(OCCCC)c(OCCCC)c1. The van der Waals surface area contributed by atoms with Gasteiger partial charge in [0.1, 0.15) is 13.2 Å². The Bertz CT molecular complexity index is 804. The minimum atomic E-state index is -3.56. The first-order valence-corrected chi connectivity index (χ1v) is 17.4. The maximum absolute atomic E-state index is 12.9. The molecule has 0 aliphatic carbocycles. The Kier molecular flexibility index (Phi) is 20.7. The molecule has 40 heavy (non-hydrogen) atoms. The number of benzene rings is 1. The Labute approximate surface area is 246 Å². The predicted octanol–water partition coefficient (Wildman–Crippen LogP) is 8.98. The zero-order chi connectivity index (χ0) is 29.5. The van der Waals surface area contributed by atoms with Crippen LogP contribution in [0.5, 0.6) is 11.5 Å². The van der Waals surface area contributed by atoms with Gasteiger partial charge < -0.3 is 14.0 Å². The molecule has 1 aromatic rings. The van der Waals surface area contributed by atoms with Crippen molar-refractivity contribution in [1.29, 1.82) is 0 Å². The fraction of sp³-hybridized carbons (Fsp3) is 0.812. The quantitative estimate of drug-likeness (QED) is 0.0582. The lowest BCUT2D eigenvalue weighted by Crippen LogP contribution is -2.42. The van der Waals surface area contributed by atoms with Gasteiger partial charge in [-0.1, -0.05) is 78.2 Å². The standard InChI is InChI=1S/C32H61NO6P/c1-7-10-13-14-15-16-17-18-23-33(4,5)24-28-39-40(34,35-6)38-27-19-20-30-21-22-31(36-25-11-8-2)32(29-30)37-26-12-9-3/h21-22,29H,7-20,23-28H2,1-6H3/q+1. The molecule has 0 fully saturated rings. The molecule has 0 heterocycles. The molecule has 0 amide bonds. The van der Waals surface area contributed by atoms with Crippen LogP contribution in [0.4, 0.5) is 0 Å². The molecule has 234 valence electrons. The zero-order valence-corrected chi connectivity index (χ0v) is 27.6. The summed E-state index contributed by atoms with van der Waals surface area (Å²) < 4.78 is 42.2. The van der Waals surface area contributed by atoms with Crippen LogP contribution in [0.1, 0.15) is 110 Å². The van der Waals surface area contributed by atoms with E-state index in [4.69, 9.17) is 23.0 Å². The number of hydrogen-bond donors (Lipinski definition) is 0. The molecule has 0 bridgehead atoms. The molecule has 0 radical (unpaired) electrons. The van der Waals surface area contributed by atoms with E-state index in [1.165, 1.54) is 58.5 Å². The van der Waals surface area contributed by atoms with Crippen molar-refractivity contribution < 1.29 is 32.1 Å². The number of hydrogen-bond acceptors (Lipinski definition) is 6. The van der Waals surface area contributed by atoms with Crippen molar-refractivity contribution in [3.05, 3.63) is 23.8 Å². The van der Waals surface area contributed by atoms with Gasteiger partial charge in [0.15, 0.2) is 11.5 Å². The largest absolute Gasteiger partial charge is 0.490 e. The van der Waals surface area contributed by atoms with Gasteiger partial charge in [0, 0.05) is 7.11 Å². The van der Waals surface area contributed by atoms with Crippen molar-refractivity contribution in [2.45, 2.75) is 111 Å². The topological polar surface area (TPSA) is 63.2 Å². The number of likely N-dealkylation sites (N-methyl/N-ethyl adjacent to an activating group) is 1. The minimum absolute atomic E-state index is 0.294. The highest BCUT2D eigenvalue weighted by atomic mass is 31.2. The van der Waals surface area contributed by atoms with Crippen molar-refractivity contribution in [2.24, 2.45) is 0 Å². The van der Waals surface area contributed by atoms with Crippen LogP contribution in [0.2, 0.25) is 0 Å². The van der Waals surface area contributed by atoms with E-state index in [0.29, 0.717) is 32.8 Å². The maximum atomic E-state index is 12.9. The van der Waals surface area contributed by atoms with E-state index in [-0.39, 0.29) is 0 Å². The van der Waals surface area contributed by atoms with Gasteiger partial charge in [-0.05, 0) is 56.2 Å². The minimum Gasteiger partial charge on any atom is -0.490 e. The molecule has 0 aromatic heterocycles. The van der Waals surface area contributed by atoms with E-state index < -0.39 is 7.82 Å². The zero-order valence-electron chi connectivity index (χ0n) is 26.7. The molecular weight excluding hydrogens is 525 g/mol. The number of aryl methyl sites for hydroxylation is 1. The van der Waals surface area contributed by atoms with Gasteiger partial charge in [0.2, 0.25) is 0 Å². The van der Waals surface area contributed by atoms with Gasteiger partial charge in [0.05, 0.1) is 40.5 Å². The van der Waals surface area contributed by atoms with Crippen LogP contribution < -0.4 is 9.47 Å². The van der Waals surface area contributed by atoms with E-state index in [0.717, 1.165) is 66.7 Å². The third-order valence-electron chi connectivity index (χ3n) is 7.16. The van der Waals surface area contributed by atoms with Gasteiger partial charge in [-0.25, -0.2) is 4.57 Å². The predicted molar refractivity (Wildman–Crippen MR) is 167 cm³/mol. The van der Waals surface area contributed by atoms with Gasteiger partial charge in [0.25, 0.3) is 0 Å². The van der Waals surface area contributed by atoms with Crippen LogP contribution in [0.25, 0.3) is 0 Å². The van der Waals surface area contributed by atoms with Crippen molar-refractivity contribution in [3.8, 4) is 11.5 Å². The highest BCUT2D eigenvalue weighted by molar-refractivity contribution is 7.48. The fourth-order valence-corrected chi connectivity index (χ4v) is 5.32. The summed E-state index contributed by atoms with van der Waals surface area (Å²) >= 11 is 0. The number of quaternary nitrogens is 1. The molecule has 0 aliphatic heterocycles. The summed E-state index contributed by atoms with van der Waals surface area (Å²) in [4.78, 5) is 0. The third kappa shape index (κ3) is 17.6. The first kappa shape index (κ1) is 36.9. The van der Waals surface area contributed by atoms with Crippen molar-refractivity contribution >= 4 is 7.82 Å². The Morgan fingerprint density at radius 1 is 0.650 bits per heavy atom. The number of phosphoric ester groups is 1. The Hall–Kier alpha value is -1.11. The number of phosphoric acid groups is 1. The molecule has 1 rings (SSSR count). The smallest absolute Gasteiger partial charge is 0.474 e. The Balaban J connectivity index is 2.40. The highest BCUT2D eigenvalue weighted by Crippen LogP contribution is 2.48. The van der Waals surface area contributed by atoms with Crippen LogP contribution in [0.3, 0.4) is 0 Å². The molecule has 8 heteroatoms. The van der Waals surface area contributed by atoms with Crippen LogP contribution >= 0.6 is 7.82 Å². The summed E-state index contributed by atoms with van der Waals surface area (Å²) in [5, 5.41) is 0. The summed E-state index contributed by atoms with van der Waals surface area (Å²) in [5.74, 6) is 1.59. The van der Waals surface area contributed by atoms with Gasteiger partial charge in [-0.3, -0.25) is 13.6 Å². The van der Waals surface area contributed by atoms with Gasteiger partial charge in [-0.2, -0.15) is 0 Å². The average molecular weight is 587 g/mol. The fourth-order valence-electron chi connectivity index (χ4n) is 4.37. The molecule has 1 atom stereocenters. The number of unbranched alkanes of at least 4 members (excludes halogenated alkanes) is 9. The Morgan fingerprint density at radius 3 is 1.85 bits per heavy atom. The van der Waals surface area contributed by atoms with Crippen molar-refractivity contribution in [3.63, 3.8) is 0 Å². The summed E-state index contributed by atoms with van der Waals surface area (Å²) in [6.45, 7) is 10.4. The van der Waals surface area contributed by atoms with Crippen LogP contribution in [-0.2, 0) is 24.6 Å². The molecular formula is C32H61NO6P+. The van der Waals surface area contributed by atoms with Crippen molar-refractivity contribution in [1.82, 2.24) is 0 Å². The number of ether oxygens (including phenoxy) is 2. The van der Waals surface area contributed by atoms with Crippen LogP contribution in [0.15, 0.2) is 18.2 Å². The first-order chi connectivity index (χ1) is 19.3.